The van der Waals surface area contributed by atoms with Crippen molar-refractivity contribution in [2.75, 3.05) is 33.7 Å². The van der Waals surface area contributed by atoms with E-state index in [0.29, 0.717) is 18.0 Å². The van der Waals surface area contributed by atoms with Crippen LogP contribution in [0.3, 0.4) is 0 Å². The number of nitrogens with zero attached hydrogens (tertiary/aromatic N) is 2. The molecule has 3 nitrogen and oxygen atoms in total. The summed E-state index contributed by atoms with van der Waals surface area (Å²) in [6.07, 6.45) is 2.40. The topological polar surface area (TPSA) is 32.5 Å². The SMILES string of the molecule is CCC(CC)C(N)C1CN(C)CCN1C. The minimum absolute atomic E-state index is 0.327. The molecular formula is C12H27N3. The fraction of sp³-hybridized carbons (Fsp3) is 1.00. The Labute approximate surface area is 94.6 Å². The van der Waals surface area contributed by atoms with Gasteiger partial charge in [0.15, 0.2) is 0 Å². The average molecular weight is 213 g/mol. The van der Waals surface area contributed by atoms with Crippen molar-refractivity contribution < 1.29 is 0 Å². The molecule has 1 fully saturated rings. The molecule has 1 rings (SSSR count). The van der Waals surface area contributed by atoms with Gasteiger partial charge in [0.25, 0.3) is 0 Å². The predicted molar refractivity (Wildman–Crippen MR) is 66.0 cm³/mol. The molecule has 15 heavy (non-hydrogen) atoms. The van der Waals surface area contributed by atoms with Gasteiger partial charge in [-0.25, -0.2) is 0 Å². The quantitative estimate of drug-likeness (QED) is 0.756. The fourth-order valence-corrected chi connectivity index (χ4v) is 2.61. The molecule has 0 aromatic heterocycles. The van der Waals surface area contributed by atoms with Crippen LogP contribution in [0.15, 0.2) is 0 Å². The van der Waals surface area contributed by atoms with E-state index in [1.807, 2.05) is 0 Å². The van der Waals surface area contributed by atoms with Crippen LogP contribution in [0.1, 0.15) is 26.7 Å². The zero-order chi connectivity index (χ0) is 11.4. The number of hydrogen-bond donors (Lipinski definition) is 1. The van der Waals surface area contributed by atoms with Crippen molar-refractivity contribution >= 4 is 0 Å². The van der Waals surface area contributed by atoms with Gasteiger partial charge >= 0.3 is 0 Å². The van der Waals surface area contributed by atoms with Gasteiger partial charge in [-0.3, -0.25) is 4.90 Å². The Morgan fingerprint density at radius 2 is 1.80 bits per heavy atom. The first kappa shape index (κ1) is 12.9. The van der Waals surface area contributed by atoms with Gasteiger partial charge < -0.3 is 10.6 Å². The van der Waals surface area contributed by atoms with Gasteiger partial charge in [0.1, 0.15) is 0 Å². The normalized spacial score (nSPS) is 27.2. The third-order valence-electron chi connectivity index (χ3n) is 3.94. The molecule has 2 N–H and O–H groups in total. The molecular weight excluding hydrogens is 186 g/mol. The maximum absolute atomic E-state index is 6.40. The lowest BCUT2D eigenvalue weighted by Gasteiger charge is -2.42. The molecule has 2 atom stereocenters. The number of likely N-dealkylation sites (N-methyl/N-ethyl adjacent to an activating group) is 2. The van der Waals surface area contributed by atoms with Gasteiger partial charge in [-0.2, -0.15) is 0 Å². The van der Waals surface area contributed by atoms with Gasteiger partial charge in [-0.15, -0.1) is 0 Å². The summed E-state index contributed by atoms with van der Waals surface area (Å²) in [5, 5.41) is 0. The molecule has 0 spiro atoms. The van der Waals surface area contributed by atoms with Crippen LogP contribution < -0.4 is 5.73 Å². The van der Waals surface area contributed by atoms with Crippen LogP contribution in [-0.2, 0) is 0 Å². The van der Waals surface area contributed by atoms with E-state index in [1.165, 1.54) is 19.4 Å². The van der Waals surface area contributed by atoms with Crippen molar-refractivity contribution in [3.63, 3.8) is 0 Å². The summed E-state index contributed by atoms with van der Waals surface area (Å²) in [5.41, 5.74) is 6.40. The third kappa shape index (κ3) is 3.16. The Hall–Kier alpha value is -0.120. The van der Waals surface area contributed by atoms with E-state index >= 15 is 0 Å². The first-order valence-corrected chi connectivity index (χ1v) is 6.24. The highest BCUT2D eigenvalue weighted by atomic mass is 15.3. The second-order valence-electron chi connectivity index (χ2n) is 4.96. The van der Waals surface area contributed by atoms with Crippen LogP contribution >= 0.6 is 0 Å². The van der Waals surface area contributed by atoms with Gasteiger partial charge in [-0.05, 0) is 20.0 Å². The lowest BCUT2D eigenvalue weighted by atomic mass is 9.88. The molecule has 2 unspecified atom stereocenters. The van der Waals surface area contributed by atoms with Gasteiger partial charge in [0, 0.05) is 31.7 Å². The molecule has 0 aromatic carbocycles. The van der Waals surface area contributed by atoms with Crippen LogP contribution in [-0.4, -0.2) is 55.6 Å². The summed E-state index contributed by atoms with van der Waals surface area (Å²) in [4.78, 5) is 4.83. The Balaban J connectivity index is 2.59. The zero-order valence-electron chi connectivity index (χ0n) is 10.7. The molecule has 1 heterocycles. The predicted octanol–water partition coefficient (Wildman–Crippen LogP) is 0.996. The highest BCUT2D eigenvalue weighted by Gasteiger charge is 2.30. The van der Waals surface area contributed by atoms with Crippen molar-refractivity contribution in [1.82, 2.24) is 9.80 Å². The van der Waals surface area contributed by atoms with E-state index in [9.17, 15) is 0 Å². The van der Waals surface area contributed by atoms with Crippen molar-refractivity contribution in [3.8, 4) is 0 Å². The third-order valence-corrected chi connectivity index (χ3v) is 3.94. The van der Waals surface area contributed by atoms with Crippen molar-refractivity contribution in [3.05, 3.63) is 0 Å². The largest absolute Gasteiger partial charge is 0.326 e. The lowest BCUT2D eigenvalue weighted by Crippen LogP contribution is -2.59. The van der Waals surface area contributed by atoms with E-state index in [2.05, 4.69) is 37.7 Å². The Bertz CT molecular complexity index is 180. The highest BCUT2D eigenvalue weighted by molar-refractivity contribution is 4.89. The summed E-state index contributed by atoms with van der Waals surface area (Å²) in [7, 11) is 4.40. The van der Waals surface area contributed by atoms with E-state index in [1.54, 1.807) is 0 Å². The summed E-state index contributed by atoms with van der Waals surface area (Å²) >= 11 is 0. The van der Waals surface area contributed by atoms with Gasteiger partial charge in [-0.1, -0.05) is 26.7 Å². The van der Waals surface area contributed by atoms with Crippen LogP contribution in [0.5, 0.6) is 0 Å². The van der Waals surface area contributed by atoms with Gasteiger partial charge in [0.2, 0.25) is 0 Å². The molecule has 1 aliphatic heterocycles. The molecule has 3 heteroatoms. The second-order valence-corrected chi connectivity index (χ2v) is 4.96. The molecule has 0 aromatic rings. The molecule has 0 saturated carbocycles. The van der Waals surface area contributed by atoms with E-state index < -0.39 is 0 Å². The van der Waals surface area contributed by atoms with Crippen LogP contribution in [0.2, 0.25) is 0 Å². The number of rotatable bonds is 4. The fourth-order valence-electron chi connectivity index (χ4n) is 2.61. The molecule has 90 valence electrons. The van der Waals surface area contributed by atoms with E-state index in [4.69, 9.17) is 5.73 Å². The zero-order valence-corrected chi connectivity index (χ0v) is 10.7. The summed E-state index contributed by atoms with van der Waals surface area (Å²) in [5.74, 6) is 0.670. The summed E-state index contributed by atoms with van der Waals surface area (Å²) in [6.45, 7) is 7.94. The minimum atomic E-state index is 0.327. The minimum Gasteiger partial charge on any atom is -0.326 e. The van der Waals surface area contributed by atoms with Crippen molar-refractivity contribution in [2.45, 2.75) is 38.8 Å². The number of nitrogens with two attached hydrogens (primary N) is 1. The number of piperazine rings is 1. The van der Waals surface area contributed by atoms with Crippen molar-refractivity contribution in [2.24, 2.45) is 11.7 Å². The van der Waals surface area contributed by atoms with Gasteiger partial charge in [0.05, 0.1) is 0 Å². The molecule has 0 aliphatic carbocycles. The Morgan fingerprint density at radius 3 is 2.33 bits per heavy atom. The van der Waals surface area contributed by atoms with E-state index in [-0.39, 0.29) is 0 Å². The Morgan fingerprint density at radius 1 is 1.20 bits per heavy atom. The van der Waals surface area contributed by atoms with E-state index in [0.717, 1.165) is 13.1 Å². The molecule has 0 radical (unpaired) electrons. The molecule has 1 saturated heterocycles. The average Bonchev–Trinajstić information content (AvgIpc) is 2.23. The lowest BCUT2D eigenvalue weighted by molar-refractivity contribution is 0.0804. The maximum atomic E-state index is 6.40. The Kier molecular flexibility index (Phi) is 5.03. The van der Waals surface area contributed by atoms with Crippen molar-refractivity contribution in [1.29, 1.82) is 0 Å². The highest BCUT2D eigenvalue weighted by Crippen LogP contribution is 2.19. The molecule has 1 aliphatic rings. The molecule has 0 bridgehead atoms. The monoisotopic (exact) mass is 213 g/mol. The van der Waals surface area contributed by atoms with Crippen LogP contribution in [0, 0.1) is 5.92 Å². The standard InChI is InChI=1S/C12H27N3/c1-5-10(6-2)12(13)11-9-14(3)7-8-15(11)4/h10-12H,5-9,13H2,1-4H3. The van der Waals surface area contributed by atoms with Crippen LogP contribution in [0.25, 0.3) is 0 Å². The maximum Gasteiger partial charge on any atom is 0.0374 e. The second kappa shape index (κ2) is 5.83. The molecule has 0 amide bonds. The first-order valence-electron chi connectivity index (χ1n) is 6.24. The number of hydrogen-bond acceptors (Lipinski definition) is 3. The summed E-state index contributed by atoms with van der Waals surface area (Å²) in [6, 6.07) is 0.862. The summed E-state index contributed by atoms with van der Waals surface area (Å²) < 4.78 is 0. The smallest absolute Gasteiger partial charge is 0.0374 e. The van der Waals surface area contributed by atoms with Crippen LogP contribution in [0.4, 0.5) is 0 Å². The first-order chi connectivity index (χ1) is 7.10.